The summed E-state index contributed by atoms with van der Waals surface area (Å²) < 4.78 is 40.7. The van der Waals surface area contributed by atoms with Gasteiger partial charge in [-0.15, -0.1) is 0 Å². The first-order valence-corrected chi connectivity index (χ1v) is 18.3. The molecule has 2 amide bonds. The minimum absolute atomic E-state index is 0.0144. The van der Waals surface area contributed by atoms with Gasteiger partial charge >= 0.3 is 12.1 Å². The van der Waals surface area contributed by atoms with Gasteiger partial charge in [-0.1, -0.05) is 48.5 Å². The van der Waals surface area contributed by atoms with Crippen molar-refractivity contribution in [1.82, 2.24) is 15.4 Å². The molecule has 2 aliphatic rings. The number of aliphatic carboxylic acids is 1. The molecule has 272 valence electrons. The van der Waals surface area contributed by atoms with Gasteiger partial charge < -0.3 is 30.9 Å². The van der Waals surface area contributed by atoms with Gasteiger partial charge in [-0.05, 0) is 86.4 Å². The number of benzene rings is 3. The van der Waals surface area contributed by atoms with Crippen LogP contribution in [0.1, 0.15) is 72.4 Å². The van der Waals surface area contributed by atoms with Crippen molar-refractivity contribution in [2.75, 3.05) is 19.7 Å². The van der Waals surface area contributed by atoms with E-state index in [1.807, 2.05) is 69.3 Å². The number of sulfonamides is 1. The van der Waals surface area contributed by atoms with Crippen LogP contribution in [0.3, 0.4) is 0 Å². The average Bonchev–Trinajstić information content (AvgIpc) is 3.57. The van der Waals surface area contributed by atoms with E-state index in [9.17, 15) is 27.9 Å². The van der Waals surface area contributed by atoms with Gasteiger partial charge in [-0.3, -0.25) is 9.79 Å². The van der Waals surface area contributed by atoms with Gasteiger partial charge in [0.25, 0.3) is 10.0 Å². The fourth-order valence-electron chi connectivity index (χ4n) is 6.82. The quantitative estimate of drug-likeness (QED) is 0.0977. The van der Waals surface area contributed by atoms with E-state index in [0.717, 1.165) is 33.4 Å². The van der Waals surface area contributed by atoms with E-state index in [-0.39, 0.29) is 55.7 Å². The molecule has 0 saturated carbocycles. The molecule has 0 saturated heterocycles. The van der Waals surface area contributed by atoms with Crippen LogP contribution in [0.2, 0.25) is 0 Å². The highest BCUT2D eigenvalue weighted by atomic mass is 32.2. The predicted octanol–water partition coefficient (Wildman–Crippen LogP) is 4.20. The largest absolute Gasteiger partial charge is 0.487 e. The Bertz CT molecular complexity index is 1950. The summed E-state index contributed by atoms with van der Waals surface area (Å²) in [6.07, 6.45) is -0.0636. The van der Waals surface area contributed by atoms with Crippen molar-refractivity contribution in [3.8, 4) is 16.9 Å². The maximum absolute atomic E-state index is 13.4. The zero-order valence-electron chi connectivity index (χ0n) is 29.5. The summed E-state index contributed by atoms with van der Waals surface area (Å²) in [6, 6.07) is 14.7. The third kappa shape index (κ3) is 8.28. The van der Waals surface area contributed by atoms with Crippen molar-refractivity contribution in [3.05, 3.63) is 81.9 Å². The average molecular weight is 720 g/mol. The number of alkyl carbamates (subject to hydrolysis) is 1. The summed E-state index contributed by atoms with van der Waals surface area (Å²) in [5.74, 6) is -1.54. The standard InChI is InChI=1S/C37H45N5O8S/c1-21-22(2)33(23(3)28-19-37(4,5)50-32(21)28)51(47,48)42-35(38)39-17-10-15-30(34(44)45)41-31(43)16-18-40-36(46)49-20-29-26-13-8-6-11-24(26)25-12-7-9-14-27(25)29/h6-9,11-14,29-30H,10,15-20H2,1-5H3,(H,40,46)(H,41,43)(H,44,45)(H3,38,39,42)/t30-/m0/s1. The summed E-state index contributed by atoms with van der Waals surface area (Å²) in [5.41, 5.74) is 12.6. The third-order valence-electron chi connectivity index (χ3n) is 9.33. The van der Waals surface area contributed by atoms with E-state index in [1.54, 1.807) is 13.8 Å². The summed E-state index contributed by atoms with van der Waals surface area (Å²) in [5, 5.41) is 14.6. The highest BCUT2D eigenvalue weighted by Crippen LogP contribution is 2.45. The van der Waals surface area contributed by atoms with Crippen LogP contribution >= 0.6 is 0 Å². The number of ether oxygens (including phenoxy) is 2. The molecule has 0 bridgehead atoms. The van der Waals surface area contributed by atoms with E-state index in [4.69, 9.17) is 15.2 Å². The highest BCUT2D eigenvalue weighted by molar-refractivity contribution is 7.90. The smallest absolute Gasteiger partial charge is 0.407 e. The van der Waals surface area contributed by atoms with Gasteiger partial charge in [-0.25, -0.2) is 22.7 Å². The predicted molar refractivity (Wildman–Crippen MR) is 192 cm³/mol. The zero-order chi connectivity index (χ0) is 37.1. The number of nitrogens with two attached hydrogens (primary N) is 1. The molecule has 0 fully saturated rings. The molecule has 1 aliphatic carbocycles. The van der Waals surface area contributed by atoms with E-state index < -0.39 is 39.6 Å². The van der Waals surface area contributed by atoms with Gasteiger partial charge in [-0.2, -0.15) is 0 Å². The zero-order valence-corrected chi connectivity index (χ0v) is 30.3. The minimum Gasteiger partial charge on any atom is -0.487 e. The van der Waals surface area contributed by atoms with Crippen molar-refractivity contribution < 1.29 is 37.4 Å². The van der Waals surface area contributed by atoms with Gasteiger partial charge in [0.1, 0.15) is 24.0 Å². The lowest BCUT2D eigenvalue weighted by molar-refractivity contribution is -0.142. The second kappa shape index (κ2) is 15.0. The first-order chi connectivity index (χ1) is 24.1. The SMILES string of the molecule is Cc1c(C)c(S(=O)(=O)NC(N)=NCCC[C@H](NC(=O)CCNC(=O)OCC2c3ccccc3-c3ccccc32)C(=O)O)c(C)c2c1OC(C)(C)C2. The van der Waals surface area contributed by atoms with Gasteiger partial charge in [0.15, 0.2) is 0 Å². The molecule has 1 atom stereocenters. The van der Waals surface area contributed by atoms with Crippen LogP contribution in [0.4, 0.5) is 4.79 Å². The maximum Gasteiger partial charge on any atom is 0.407 e. The van der Waals surface area contributed by atoms with Crippen LogP contribution in [0.5, 0.6) is 5.75 Å². The van der Waals surface area contributed by atoms with Crippen molar-refractivity contribution in [2.45, 2.75) is 82.8 Å². The molecule has 13 nitrogen and oxygen atoms in total. The Kier molecular flexibility index (Phi) is 10.9. The molecule has 14 heteroatoms. The van der Waals surface area contributed by atoms with Crippen LogP contribution in [0, 0.1) is 20.8 Å². The number of guanidine groups is 1. The van der Waals surface area contributed by atoms with Gasteiger partial charge in [0.2, 0.25) is 11.9 Å². The Morgan fingerprint density at radius 3 is 2.27 bits per heavy atom. The number of hydrogen-bond donors (Lipinski definition) is 5. The fourth-order valence-corrected chi connectivity index (χ4v) is 8.34. The molecule has 0 spiro atoms. The lowest BCUT2D eigenvalue weighted by Crippen LogP contribution is -2.42. The lowest BCUT2D eigenvalue weighted by atomic mass is 9.94. The molecule has 3 aromatic carbocycles. The van der Waals surface area contributed by atoms with E-state index >= 15 is 0 Å². The van der Waals surface area contributed by atoms with E-state index in [0.29, 0.717) is 23.3 Å². The topological polar surface area (TPSA) is 199 Å². The normalized spacial score (nSPS) is 15.2. The molecule has 0 unspecified atom stereocenters. The summed E-state index contributed by atoms with van der Waals surface area (Å²) in [4.78, 5) is 40.9. The Hall–Kier alpha value is -5.11. The Morgan fingerprint density at radius 2 is 1.65 bits per heavy atom. The number of amides is 2. The number of rotatable bonds is 13. The van der Waals surface area contributed by atoms with Crippen molar-refractivity contribution >= 4 is 34.0 Å². The first-order valence-electron chi connectivity index (χ1n) is 16.8. The number of carbonyl (C=O) groups is 3. The summed E-state index contributed by atoms with van der Waals surface area (Å²) in [7, 11) is -4.08. The molecule has 6 N–H and O–H groups in total. The lowest BCUT2D eigenvalue weighted by Gasteiger charge is -2.19. The Labute approximate surface area is 298 Å². The monoisotopic (exact) mass is 719 g/mol. The molecule has 5 rings (SSSR count). The fraction of sp³-hybridized carbons (Fsp3) is 0.405. The molecule has 1 heterocycles. The molecular formula is C37H45N5O8S. The van der Waals surface area contributed by atoms with Crippen molar-refractivity contribution in [3.63, 3.8) is 0 Å². The molecular weight excluding hydrogens is 675 g/mol. The minimum atomic E-state index is -4.08. The van der Waals surface area contributed by atoms with Crippen LogP contribution < -0.4 is 25.8 Å². The van der Waals surface area contributed by atoms with Crippen molar-refractivity contribution in [2.24, 2.45) is 10.7 Å². The molecule has 51 heavy (non-hydrogen) atoms. The van der Waals surface area contributed by atoms with Crippen LogP contribution in [-0.4, -0.2) is 68.8 Å². The maximum atomic E-state index is 13.4. The number of fused-ring (bicyclic) bond motifs is 4. The summed E-state index contributed by atoms with van der Waals surface area (Å²) >= 11 is 0. The summed E-state index contributed by atoms with van der Waals surface area (Å²) in [6.45, 7) is 9.28. The Balaban J connectivity index is 1.06. The number of carboxylic acid groups (broad SMARTS) is 1. The molecule has 0 aromatic heterocycles. The number of carboxylic acids is 1. The van der Waals surface area contributed by atoms with Crippen LogP contribution in [0.25, 0.3) is 11.1 Å². The number of nitrogens with zero attached hydrogens (tertiary/aromatic N) is 1. The van der Waals surface area contributed by atoms with Crippen LogP contribution in [-0.2, 0) is 30.8 Å². The molecule has 0 radical (unpaired) electrons. The number of carbonyl (C=O) groups excluding carboxylic acids is 2. The number of nitrogens with one attached hydrogen (secondary N) is 3. The number of aliphatic imine (C=N–C) groups is 1. The second-order valence-electron chi connectivity index (χ2n) is 13.5. The van der Waals surface area contributed by atoms with Crippen molar-refractivity contribution in [1.29, 1.82) is 0 Å². The molecule has 1 aliphatic heterocycles. The second-order valence-corrected chi connectivity index (χ2v) is 15.1. The third-order valence-corrected chi connectivity index (χ3v) is 11.0. The van der Waals surface area contributed by atoms with Crippen LogP contribution in [0.15, 0.2) is 58.4 Å². The molecule has 3 aromatic rings. The van der Waals surface area contributed by atoms with E-state index in [1.165, 1.54) is 0 Å². The first kappa shape index (κ1) is 37.2. The van der Waals surface area contributed by atoms with Gasteiger partial charge in [0.05, 0.1) is 4.90 Å². The Morgan fingerprint density at radius 1 is 1.02 bits per heavy atom. The number of hydrogen-bond acceptors (Lipinski definition) is 8. The van der Waals surface area contributed by atoms with Gasteiger partial charge in [0, 0.05) is 37.4 Å². The van der Waals surface area contributed by atoms with E-state index in [2.05, 4.69) is 20.3 Å². The highest BCUT2D eigenvalue weighted by Gasteiger charge is 2.37.